The molecule has 5 aromatic rings. The van der Waals surface area contributed by atoms with Gasteiger partial charge in [0.05, 0.1) is 36.1 Å². The number of thiazole rings is 1. The van der Waals surface area contributed by atoms with Gasteiger partial charge in [0.15, 0.2) is 28.1 Å². The number of Topliss-reactive ketones (excluding diaryl/α,β-unsaturated/α-hetero) is 1. The molecule has 0 bridgehead atoms. The smallest absolute Gasteiger partial charge is 0.301 e. The summed E-state index contributed by atoms with van der Waals surface area (Å²) in [6.07, 6.45) is 0. The lowest BCUT2D eigenvalue weighted by molar-refractivity contribution is -0.132. The second-order valence-corrected chi connectivity index (χ2v) is 11.6. The van der Waals surface area contributed by atoms with Crippen LogP contribution in [0, 0.1) is 0 Å². The van der Waals surface area contributed by atoms with Crippen LogP contribution < -0.4 is 28.6 Å². The molecule has 2 aliphatic heterocycles. The van der Waals surface area contributed by atoms with E-state index in [1.54, 1.807) is 55.6 Å². The second-order valence-electron chi connectivity index (χ2n) is 10.5. The molecule has 3 heterocycles. The van der Waals surface area contributed by atoms with Crippen LogP contribution in [-0.4, -0.2) is 49.2 Å². The molecule has 4 aromatic carbocycles. The maximum atomic E-state index is 13.8. The van der Waals surface area contributed by atoms with Crippen LogP contribution in [-0.2, 0) is 16.2 Å². The largest absolute Gasteiger partial charge is 0.507 e. The van der Waals surface area contributed by atoms with Crippen LogP contribution in [0.1, 0.15) is 22.7 Å². The Morgan fingerprint density at radius 2 is 1.72 bits per heavy atom. The van der Waals surface area contributed by atoms with Gasteiger partial charge >= 0.3 is 5.91 Å². The fourth-order valence-corrected chi connectivity index (χ4v) is 6.54. The molecule has 0 aliphatic carbocycles. The van der Waals surface area contributed by atoms with Crippen LogP contribution in [0.3, 0.4) is 0 Å². The molecule has 10 nitrogen and oxygen atoms in total. The van der Waals surface area contributed by atoms with Crippen molar-refractivity contribution in [2.24, 2.45) is 0 Å². The van der Waals surface area contributed by atoms with Gasteiger partial charge in [0.25, 0.3) is 5.78 Å². The van der Waals surface area contributed by atoms with E-state index in [4.69, 9.17) is 28.7 Å². The Balaban J connectivity index is 1.35. The van der Waals surface area contributed by atoms with E-state index in [0.717, 1.165) is 10.3 Å². The Bertz CT molecular complexity index is 2010. The minimum absolute atomic E-state index is 0.0986. The standard InChI is InChI=1S/C35H28N2O8S/c1-41-23-10-11-24-29(18-23)46-35(36-24)37-31(21-8-12-25(27(16-21)42-2)45-19-20-6-4-3-5-7-20)30(33(39)34(37)40)32(38)22-9-13-26-28(17-22)44-15-14-43-26/h3-13,16-18,31,38H,14-15,19H2,1-2H3/t31-/m0/s1. The SMILES string of the molecule is COc1ccc2nc(N3C(=O)C(=O)C(=C(O)c4ccc5c(c4)OCCO5)[C@@H]3c3ccc(OCc4ccccc4)c(OC)c3)sc2c1. The van der Waals surface area contributed by atoms with Crippen molar-refractivity contribution in [2.75, 3.05) is 32.3 Å². The van der Waals surface area contributed by atoms with Crippen molar-refractivity contribution >= 4 is 44.1 Å². The van der Waals surface area contributed by atoms with Crippen molar-refractivity contribution in [1.29, 1.82) is 0 Å². The van der Waals surface area contributed by atoms with Crippen LogP contribution >= 0.6 is 11.3 Å². The molecule has 7 rings (SSSR count). The highest BCUT2D eigenvalue weighted by Crippen LogP contribution is 2.46. The number of fused-ring (bicyclic) bond motifs is 2. The highest BCUT2D eigenvalue weighted by atomic mass is 32.1. The van der Waals surface area contributed by atoms with E-state index in [-0.39, 0.29) is 11.3 Å². The molecule has 1 N–H and O–H groups in total. The Morgan fingerprint density at radius 3 is 2.50 bits per heavy atom. The third-order valence-electron chi connectivity index (χ3n) is 7.79. The van der Waals surface area contributed by atoms with E-state index < -0.39 is 17.7 Å². The summed E-state index contributed by atoms with van der Waals surface area (Å²) in [7, 11) is 3.09. The van der Waals surface area contributed by atoms with Gasteiger partial charge in [-0.25, -0.2) is 4.98 Å². The summed E-state index contributed by atoms with van der Waals surface area (Å²) in [6, 6.07) is 24.1. The van der Waals surface area contributed by atoms with Crippen molar-refractivity contribution in [1.82, 2.24) is 4.98 Å². The van der Waals surface area contributed by atoms with Crippen molar-refractivity contribution in [3.8, 4) is 28.7 Å². The molecule has 232 valence electrons. The van der Waals surface area contributed by atoms with E-state index in [1.807, 2.05) is 36.4 Å². The summed E-state index contributed by atoms with van der Waals surface area (Å²) in [6.45, 7) is 1.07. The highest BCUT2D eigenvalue weighted by molar-refractivity contribution is 7.22. The van der Waals surface area contributed by atoms with Gasteiger partial charge in [0.2, 0.25) is 0 Å². The predicted octanol–water partition coefficient (Wildman–Crippen LogP) is 6.29. The van der Waals surface area contributed by atoms with E-state index in [1.165, 1.54) is 23.3 Å². The fourth-order valence-electron chi connectivity index (χ4n) is 5.52. The lowest BCUT2D eigenvalue weighted by atomic mass is 9.95. The number of methoxy groups -OCH3 is 2. The maximum absolute atomic E-state index is 13.8. The maximum Gasteiger partial charge on any atom is 0.301 e. The molecular weight excluding hydrogens is 608 g/mol. The molecule has 1 fully saturated rings. The average Bonchev–Trinajstić information content (AvgIpc) is 3.64. The van der Waals surface area contributed by atoms with Crippen LogP contribution in [0.4, 0.5) is 5.13 Å². The number of ether oxygens (including phenoxy) is 5. The van der Waals surface area contributed by atoms with E-state index >= 15 is 0 Å². The summed E-state index contributed by atoms with van der Waals surface area (Å²) in [4.78, 5) is 33.6. The molecule has 1 aromatic heterocycles. The van der Waals surface area contributed by atoms with E-state index in [2.05, 4.69) is 0 Å². The number of aliphatic hydroxyl groups is 1. The second kappa shape index (κ2) is 12.1. The predicted molar refractivity (Wildman–Crippen MR) is 172 cm³/mol. The zero-order chi connectivity index (χ0) is 31.8. The first-order valence-electron chi connectivity index (χ1n) is 14.5. The molecule has 2 aliphatic rings. The average molecular weight is 637 g/mol. The summed E-state index contributed by atoms with van der Waals surface area (Å²) in [5.41, 5.74) is 2.33. The highest BCUT2D eigenvalue weighted by Gasteiger charge is 2.48. The summed E-state index contributed by atoms with van der Waals surface area (Å²) in [5, 5.41) is 12.0. The number of benzene rings is 4. The van der Waals surface area contributed by atoms with Gasteiger partial charge in [-0.2, -0.15) is 0 Å². The number of hydrogen-bond acceptors (Lipinski definition) is 10. The Morgan fingerprint density at radius 1 is 0.913 bits per heavy atom. The molecule has 1 amide bonds. The Hall–Kier alpha value is -5.55. The molecule has 0 saturated carbocycles. The quantitative estimate of drug-likeness (QED) is 0.119. The van der Waals surface area contributed by atoms with Crippen LogP contribution in [0.2, 0.25) is 0 Å². The Labute approximate surface area is 268 Å². The van der Waals surface area contributed by atoms with Gasteiger partial charge in [0.1, 0.15) is 31.3 Å². The third-order valence-corrected chi connectivity index (χ3v) is 8.81. The van der Waals surface area contributed by atoms with E-state index in [0.29, 0.717) is 70.3 Å². The van der Waals surface area contributed by atoms with Crippen molar-refractivity contribution in [3.63, 3.8) is 0 Å². The van der Waals surface area contributed by atoms with Crippen LogP contribution in [0.25, 0.3) is 16.0 Å². The van der Waals surface area contributed by atoms with Gasteiger partial charge in [-0.3, -0.25) is 14.5 Å². The molecule has 0 spiro atoms. The molecule has 0 unspecified atom stereocenters. The van der Waals surface area contributed by atoms with Gasteiger partial charge in [-0.05, 0) is 59.7 Å². The zero-order valence-corrected chi connectivity index (χ0v) is 25.7. The number of aliphatic hydroxyl groups excluding tert-OH is 1. The number of carbonyl (C=O) groups excluding carboxylic acids is 2. The van der Waals surface area contributed by atoms with Gasteiger partial charge in [-0.15, -0.1) is 0 Å². The fraction of sp³-hybridized carbons (Fsp3) is 0.171. The van der Waals surface area contributed by atoms with Gasteiger partial charge in [-0.1, -0.05) is 47.7 Å². The summed E-state index contributed by atoms with van der Waals surface area (Å²) in [5.74, 6) is 0.447. The number of rotatable bonds is 8. The minimum Gasteiger partial charge on any atom is -0.507 e. The lowest BCUT2D eigenvalue weighted by Gasteiger charge is -2.24. The summed E-state index contributed by atoms with van der Waals surface area (Å²) >= 11 is 1.24. The number of amides is 1. The monoisotopic (exact) mass is 636 g/mol. The zero-order valence-electron chi connectivity index (χ0n) is 24.9. The van der Waals surface area contributed by atoms with Crippen LogP contribution in [0.15, 0.2) is 90.5 Å². The topological polar surface area (TPSA) is 117 Å². The lowest BCUT2D eigenvalue weighted by Crippen LogP contribution is -2.29. The number of carbonyl (C=O) groups is 2. The number of aromatic nitrogens is 1. The molecule has 46 heavy (non-hydrogen) atoms. The van der Waals surface area contributed by atoms with Crippen molar-refractivity contribution < 1.29 is 38.4 Å². The molecule has 1 saturated heterocycles. The normalized spacial score (nSPS) is 16.9. The first-order chi connectivity index (χ1) is 22.4. The minimum atomic E-state index is -1.03. The van der Waals surface area contributed by atoms with Crippen molar-refractivity contribution in [2.45, 2.75) is 12.6 Å². The first-order valence-corrected chi connectivity index (χ1v) is 15.3. The van der Waals surface area contributed by atoms with Crippen LogP contribution in [0.5, 0.6) is 28.7 Å². The molecule has 11 heteroatoms. The number of anilines is 1. The third kappa shape index (κ3) is 5.24. The molecule has 1 atom stereocenters. The van der Waals surface area contributed by atoms with Crippen molar-refractivity contribution in [3.05, 3.63) is 107 Å². The number of hydrogen-bond donors (Lipinski definition) is 1. The van der Waals surface area contributed by atoms with E-state index in [9.17, 15) is 14.7 Å². The Kier molecular flexibility index (Phi) is 7.67. The van der Waals surface area contributed by atoms with Gasteiger partial charge in [0, 0.05) is 5.56 Å². The first kappa shape index (κ1) is 29.2. The summed E-state index contributed by atoms with van der Waals surface area (Å²) < 4.78 is 29.2. The number of nitrogens with zero attached hydrogens (tertiary/aromatic N) is 2. The van der Waals surface area contributed by atoms with Gasteiger partial charge < -0.3 is 28.8 Å². The molecular formula is C35H28N2O8S. The molecule has 0 radical (unpaired) electrons. The number of ketones is 1.